The summed E-state index contributed by atoms with van der Waals surface area (Å²) < 4.78 is 0. The highest BCUT2D eigenvalue weighted by Crippen LogP contribution is 2.36. The molecule has 1 aromatic heterocycles. The maximum absolute atomic E-state index is 12.7. The second-order valence-electron chi connectivity index (χ2n) is 9.52. The lowest BCUT2D eigenvalue weighted by Crippen LogP contribution is -2.14. The fourth-order valence-corrected chi connectivity index (χ4v) is 4.40. The van der Waals surface area contributed by atoms with Gasteiger partial charge in [0.05, 0.1) is 12.6 Å². The van der Waals surface area contributed by atoms with Gasteiger partial charge in [-0.2, -0.15) is 5.10 Å². The van der Waals surface area contributed by atoms with Crippen LogP contribution < -0.4 is 10.7 Å². The van der Waals surface area contributed by atoms with Crippen LogP contribution in [0.4, 0.5) is 10.1 Å². The number of nitrogens with one attached hydrogen (secondary N) is 2. The number of hydrogen-bond donors (Lipinski definition) is 2. The molecule has 0 aliphatic heterocycles. The Kier molecular flexibility index (Phi) is 7.42. The van der Waals surface area contributed by atoms with Gasteiger partial charge in [0, 0.05) is 5.56 Å². The number of rotatable bonds is 7. The molecule has 6 heteroatoms. The smallest absolute Gasteiger partial charge is 0.229 e. The van der Waals surface area contributed by atoms with Crippen LogP contribution in [0.15, 0.2) is 84.0 Å². The van der Waals surface area contributed by atoms with Crippen molar-refractivity contribution in [2.45, 2.75) is 39.5 Å². The first kappa shape index (κ1) is 24.4. The lowest BCUT2D eigenvalue weighted by molar-refractivity contribution is -0.115. The molecule has 0 radical (unpaired) electrons. The summed E-state index contributed by atoms with van der Waals surface area (Å²) in [6, 6.07) is 26.2. The molecule has 4 aromatic rings. The number of aromatic nitrogens is 1. The normalized spacial score (nSPS) is 11.5. The van der Waals surface area contributed by atoms with Gasteiger partial charge in [0.25, 0.3) is 0 Å². The van der Waals surface area contributed by atoms with Gasteiger partial charge in [-0.1, -0.05) is 117 Å². The molecule has 0 bridgehead atoms. The van der Waals surface area contributed by atoms with E-state index in [1.807, 2.05) is 61.5 Å². The summed E-state index contributed by atoms with van der Waals surface area (Å²) in [7, 11) is 0. The number of thiazole rings is 1. The minimum Gasteiger partial charge on any atom is -0.316 e. The molecular formula is C29H30N4OS. The van der Waals surface area contributed by atoms with E-state index in [9.17, 15) is 4.79 Å². The predicted molar refractivity (Wildman–Crippen MR) is 147 cm³/mol. The first-order valence-corrected chi connectivity index (χ1v) is 12.4. The Labute approximate surface area is 211 Å². The van der Waals surface area contributed by atoms with E-state index < -0.39 is 0 Å². The summed E-state index contributed by atoms with van der Waals surface area (Å²) in [6.45, 7) is 8.63. The van der Waals surface area contributed by atoms with Crippen molar-refractivity contribution in [2.75, 3.05) is 10.7 Å². The largest absolute Gasteiger partial charge is 0.316 e. The SMILES string of the molecule is Cc1ccc(-c2nc(N/N=C\c3ccc(C(C)(C)C)cc3)sc2NC(=O)Cc2ccccc2)cc1. The molecule has 0 atom stereocenters. The summed E-state index contributed by atoms with van der Waals surface area (Å²) in [4.78, 5) is 17.5. The quantitative estimate of drug-likeness (QED) is 0.219. The van der Waals surface area contributed by atoms with Gasteiger partial charge in [-0.25, -0.2) is 4.98 Å². The van der Waals surface area contributed by atoms with E-state index in [0.717, 1.165) is 22.4 Å². The Hall–Kier alpha value is -3.77. The number of hydrazone groups is 1. The van der Waals surface area contributed by atoms with E-state index in [1.54, 1.807) is 6.21 Å². The van der Waals surface area contributed by atoms with Crippen molar-refractivity contribution >= 4 is 33.6 Å². The first-order chi connectivity index (χ1) is 16.8. The zero-order valence-corrected chi connectivity index (χ0v) is 21.3. The number of nitrogens with zero attached hydrogens (tertiary/aromatic N) is 2. The van der Waals surface area contributed by atoms with Gasteiger partial charge in [-0.3, -0.25) is 10.2 Å². The number of carbonyl (C=O) groups is 1. The lowest BCUT2D eigenvalue weighted by atomic mass is 9.87. The zero-order valence-electron chi connectivity index (χ0n) is 20.5. The van der Waals surface area contributed by atoms with Crippen molar-refractivity contribution in [1.82, 2.24) is 4.98 Å². The molecule has 0 spiro atoms. The fraction of sp³-hybridized carbons (Fsp3) is 0.207. The van der Waals surface area contributed by atoms with E-state index >= 15 is 0 Å². The third-order valence-corrected chi connectivity index (χ3v) is 6.44. The van der Waals surface area contributed by atoms with Gasteiger partial charge in [0.15, 0.2) is 0 Å². The summed E-state index contributed by atoms with van der Waals surface area (Å²) in [5, 5.41) is 8.72. The van der Waals surface area contributed by atoms with Gasteiger partial charge in [0.2, 0.25) is 11.0 Å². The highest BCUT2D eigenvalue weighted by molar-refractivity contribution is 7.20. The summed E-state index contributed by atoms with van der Waals surface area (Å²) in [5.74, 6) is -0.0813. The maximum atomic E-state index is 12.7. The number of amides is 1. The van der Waals surface area contributed by atoms with Gasteiger partial charge >= 0.3 is 0 Å². The Morgan fingerprint density at radius 2 is 1.66 bits per heavy atom. The van der Waals surface area contributed by atoms with Gasteiger partial charge < -0.3 is 5.32 Å². The molecule has 2 N–H and O–H groups in total. The van der Waals surface area contributed by atoms with Crippen LogP contribution in [0.25, 0.3) is 11.3 Å². The molecule has 1 heterocycles. The number of aryl methyl sites for hydroxylation is 1. The summed E-state index contributed by atoms with van der Waals surface area (Å²) in [6.07, 6.45) is 2.07. The van der Waals surface area contributed by atoms with Crippen molar-refractivity contribution in [3.05, 3.63) is 101 Å². The fourth-order valence-electron chi connectivity index (χ4n) is 3.54. The monoisotopic (exact) mass is 482 g/mol. The molecule has 4 rings (SSSR count). The molecule has 1 amide bonds. The van der Waals surface area contributed by atoms with Crippen LogP contribution in [0, 0.1) is 6.92 Å². The van der Waals surface area contributed by atoms with Crippen LogP contribution in [0.2, 0.25) is 0 Å². The summed E-state index contributed by atoms with van der Waals surface area (Å²) in [5.41, 5.74) is 9.22. The Morgan fingerprint density at radius 3 is 2.31 bits per heavy atom. The first-order valence-electron chi connectivity index (χ1n) is 11.6. The highest BCUT2D eigenvalue weighted by Gasteiger charge is 2.16. The van der Waals surface area contributed by atoms with Gasteiger partial charge in [0.1, 0.15) is 10.7 Å². The average molecular weight is 483 g/mol. The third kappa shape index (κ3) is 6.64. The van der Waals surface area contributed by atoms with Crippen molar-refractivity contribution in [2.24, 2.45) is 5.10 Å². The second kappa shape index (κ2) is 10.7. The molecule has 35 heavy (non-hydrogen) atoms. The zero-order chi connectivity index (χ0) is 24.8. The minimum atomic E-state index is -0.0813. The number of hydrogen-bond acceptors (Lipinski definition) is 5. The average Bonchev–Trinajstić information content (AvgIpc) is 3.22. The van der Waals surface area contributed by atoms with Crippen LogP contribution >= 0.6 is 11.3 Å². The highest BCUT2D eigenvalue weighted by atomic mass is 32.1. The standard InChI is InChI=1S/C29H30N4OS/c1-20-10-14-23(15-11-20)26-27(31-25(34)18-21-8-6-5-7-9-21)35-28(32-26)33-30-19-22-12-16-24(17-13-22)29(2,3)4/h5-17,19H,18H2,1-4H3,(H,31,34)(H,32,33)/b30-19-. The molecule has 178 valence electrons. The molecule has 0 unspecified atom stereocenters. The van der Waals surface area contributed by atoms with Crippen LogP contribution in [-0.2, 0) is 16.6 Å². The topological polar surface area (TPSA) is 66.4 Å². The molecular weight excluding hydrogens is 452 g/mol. The van der Waals surface area contributed by atoms with E-state index in [0.29, 0.717) is 16.6 Å². The van der Waals surface area contributed by atoms with Gasteiger partial charge in [-0.15, -0.1) is 0 Å². The maximum Gasteiger partial charge on any atom is 0.229 e. The summed E-state index contributed by atoms with van der Waals surface area (Å²) >= 11 is 1.37. The second-order valence-corrected chi connectivity index (χ2v) is 10.5. The lowest BCUT2D eigenvalue weighted by Gasteiger charge is -2.18. The van der Waals surface area contributed by atoms with E-state index in [4.69, 9.17) is 4.98 Å². The van der Waals surface area contributed by atoms with Crippen LogP contribution in [0.1, 0.15) is 43.0 Å². The van der Waals surface area contributed by atoms with E-state index in [1.165, 1.54) is 22.5 Å². The van der Waals surface area contributed by atoms with Gasteiger partial charge in [-0.05, 0) is 29.0 Å². The van der Waals surface area contributed by atoms with Crippen LogP contribution in [-0.4, -0.2) is 17.1 Å². The van der Waals surface area contributed by atoms with E-state index in [-0.39, 0.29) is 11.3 Å². The van der Waals surface area contributed by atoms with E-state index in [2.05, 4.69) is 60.9 Å². The van der Waals surface area contributed by atoms with Crippen molar-refractivity contribution < 1.29 is 4.79 Å². The molecule has 0 fully saturated rings. The molecule has 0 aliphatic carbocycles. The minimum absolute atomic E-state index is 0.0813. The van der Waals surface area contributed by atoms with Crippen molar-refractivity contribution in [3.63, 3.8) is 0 Å². The third-order valence-electron chi connectivity index (χ3n) is 5.56. The Bertz CT molecular complexity index is 1300. The molecule has 0 saturated carbocycles. The Balaban J connectivity index is 1.52. The Morgan fingerprint density at radius 1 is 0.971 bits per heavy atom. The number of benzene rings is 3. The molecule has 0 saturated heterocycles. The van der Waals surface area contributed by atoms with Crippen molar-refractivity contribution in [1.29, 1.82) is 0 Å². The predicted octanol–water partition coefficient (Wildman–Crippen LogP) is 7.04. The molecule has 5 nitrogen and oxygen atoms in total. The number of anilines is 2. The molecule has 0 aliphatic rings. The van der Waals surface area contributed by atoms with Crippen LogP contribution in [0.5, 0.6) is 0 Å². The molecule has 3 aromatic carbocycles. The van der Waals surface area contributed by atoms with Crippen molar-refractivity contribution in [3.8, 4) is 11.3 Å². The van der Waals surface area contributed by atoms with Crippen LogP contribution in [0.3, 0.4) is 0 Å². The number of carbonyl (C=O) groups excluding carboxylic acids is 1.